The molecule has 1 amide bonds. The van der Waals surface area contributed by atoms with Crippen molar-refractivity contribution < 1.29 is 4.79 Å². The number of aryl methyl sites for hydroxylation is 1. The van der Waals surface area contributed by atoms with Crippen LogP contribution < -0.4 is 10.6 Å². The Balaban J connectivity index is 1.65. The zero-order valence-electron chi connectivity index (χ0n) is 15.7. The van der Waals surface area contributed by atoms with Gasteiger partial charge in [-0.3, -0.25) is 4.79 Å². The Morgan fingerprint density at radius 2 is 2.00 bits per heavy atom. The van der Waals surface area contributed by atoms with Crippen molar-refractivity contribution in [1.82, 2.24) is 20.4 Å². The molecule has 0 saturated carbocycles. The molecular formula is C21H28N4O. The highest BCUT2D eigenvalue weighted by Gasteiger charge is 2.29. The van der Waals surface area contributed by atoms with Crippen molar-refractivity contribution in [3.8, 4) is 5.69 Å². The molecule has 5 nitrogen and oxygen atoms in total. The fraction of sp³-hybridized carbons (Fsp3) is 0.524. The summed E-state index contributed by atoms with van der Waals surface area (Å²) in [6, 6.07) is 8.56. The molecule has 2 heterocycles. The van der Waals surface area contributed by atoms with Gasteiger partial charge in [0.2, 0.25) is 0 Å². The maximum atomic E-state index is 13.0. The zero-order valence-corrected chi connectivity index (χ0v) is 15.7. The van der Waals surface area contributed by atoms with Crippen LogP contribution in [0, 0.1) is 12.8 Å². The molecule has 1 fully saturated rings. The van der Waals surface area contributed by atoms with Gasteiger partial charge in [0.05, 0.1) is 5.69 Å². The first-order valence-electron chi connectivity index (χ1n) is 9.83. The molecule has 1 aliphatic heterocycles. The van der Waals surface area contributed by atoms with E-state index in [9.17, 15) is 4.79 Å². The highest BCUT2D eigenvalue weighted by molar-refractivity contribution is 5.94. The summed E-state index contributed by atoms with van der Waals surface area (Å²) in [6.07, 6.45) is 5.33. The number of piperidine rings is 1. The number of nitrogens with zero attached hydrogens (tertiary/aromatic N) is 2. The number of rotatable bonds is 3. The van der Waals surface area contributed by atoms with Gasteiger partial charge in [-0.1, -0.05) is 24.6 Å². The molecule has 2 unspecified atom stereocenters. The van der Waals surface area contributed by atoms with Crippen molar-refractivity contribution in [1.29, 1.82) is 0 Å². The van der Waals surface area contributed by atoms with Crippen molar-refractivity contribution in [3.63, 3.8) is 0 Å². The van der Waals surface area contributed by atoms with E-state index in [2.05, 4.69) is 48.7 Å². The SMILES string of the molecule is Cc1ccc(-n2nc(C(=O)NC3CNCCC3C)c3c2CCCC3)cc1. The maximum Gasteiger partial charge on any atom is 0.272 e. The van der Waals surface area contributed by atoms with Crippen molar-refractivity contribution in [2.75, 3.05) is 13.1 Å². The second-order valence-electron chi connectivity index (χ2n) is 7.78. The van der Waals surface area contributed by atoms with E-state index in [0.29, 0.717) is 11.6 Å². The van der Waals surface area contributed by atoms with E-state index in [-0.39, 0.29) is 11.9 Å². The van der Waals surface area contributed by atoms with E-state index in [0.717, 1.165) is 56.4 Å². The molecule has 4 rings (SSSR count). The van der Waals surface area contributed by atoms with Gasteiger partial charge in [0, 0.05) is 23.8 Å². The quantitative estimate of drug-likeness (QED) is 0.893. The number of amides is 1. The van der Waals surface area contributed by atoms with Crippen molar-refractivity contribution in [2.24, 2.45) is 5.92 Å². The van der Waals surface area contributed by atoms with Gasteiger partial charge in [-0.05, 0) is 63.6 Å². The maximum absolute atomic E-state index is 13.0. The van der Waals surface area contributed by atoms with Crippen LogP contribution in [0.25, 0.3) is 5.69 Å². The lowest BCUT2D eigenvalue weighted by atomic mass is 9.93. The molecule has 1 aromatic heterocycles. The second kappa shape index (κ2) is 7.23. The predicted molar refractivity (Wildman–Crippen MR) is 103 cm³/mol. The summed E-state index contributed by atoms with van der Waals surface area (Å²) in [5, 5.41) is 11.4. The first-order valence-corrected chi connectivity index (χ1v) is 9.83. The summed E-state index contributed by atoms with van der Waals surface area (Å²) in [4.78, 5) is 13.0. The van der Waals surface area contributed by atoms with Crippen molar-refractivity contribution in [3.05, 3.63) is 46.8 Å². The van der Waals surface area contributed by atoms with Crippen molar-refractivity contribution in [2.45, 2.75) is 52.0 Å². The summed E-state index contributed by atoms with van der Waals surface area (Å²) in [5.74, 6) is 0.477. The van der Waals surface area contributed by atoms with Gasteiger partial charge in [0.25, 0.3) is 5.91 Å². The van der Waals surface area contributed by atoms with Gasteiger partial charge in [0.1, 0.15) is 0 Å². The average molecular weight is 352 g/mol. The highest BCUT2D eigenvalue weighted by Crippen LogP contribution is 2.27. The van der Waals surface area contributed by atoms with Gasteiger partial charge in [-0.25, -0.2) is 4.68 Å². The normalized spacial score (nSPS) is 22.7. The van der Waals surface area contributed by atoms with Crippen LogP contribution in [0.1, 0.15) is 53.5 Å². The molecule has 2 atom stereocenters. The third kappa shape index (κ3) is 3.28. The summed E-state index contributed by atoms with van der Waals surface area (Å²) in [5.41, 5.74) is 5.25. The predicted octanol–water partition coefficient (Wildman–Crippen LogP) is 2.79. The number of fused-ring (bicyclic) bond motifs is 1. The Hall–Kier alpha value is -2.14. The molecule has 1 saturated heterocycles. The zero-order chi connectivity index (χ0) is 18.1. The first-order chi connectivity index (χ1) is 12.6. The van der Waals surface area contributed by atoms with Gasteiger partial charge in [-0.15, -0.1) is 0 Å². The highest BCUT2D eigenvalue weighted by atomic mass is 16.2. The Bertz CT molecular complexity index is 793. The van der Waals surface area contributed by atoms with Crippen LogP contribution in [0.2, 0.25) is 0 Å². The largest absolute Gasteiger partial charge is 0.346 e. The molecule has 1 aromatic carbocycles. The van der Waals surface area contributed by atoms with Crippen LogP contribution in [0.4, 0.5) is 0 Å². The van der Waals surface area contributed by atoms with E-state index < -0.39 is 0 Å². The number of carbonyl (C=O) groups excluding carboxylic acids is 1. The summed E-state index contributed by atoms with van der Waals surface area (Å²) in [7, 11) is 0. The van der Waals surface area contributed by atoms with E-state index in [1.807, 2.05) is 4.68 Å². The number of nitrogens with one attached hydrogen (secondary N) is 2. The van der Waals surface area contributed by atoms with Gasteiger partial charge >= 0.3 is 0 Å². The van der Waals surface area contributed by atoms with E-state index >= 15 is 0 Å². The van der Waals surface area contributed by atoms with Crippen LogP contribution in [0.3, 0.4) is 0 Å². The number of aromatic nitrogens is 2. The molecule has 1 aliphatic carbocycles. The molecule has 26 heavy (non-hydrogen) atoms. The first kappa shape index (κ1) is 17.3. The number of benzene rings is 1. The van der Waals surface area contributed by atoms with Crippen LogP contribution in [0.5, 0.6) is 0 Å². The molecule has 2 aliphatic rings. The van der Waals surface area contributed by atoms with Gasteiger partial charge < -0.3 is 10.6 Å². The number of hydrogen-bond donors (Lipinski definition) is 2. The lowest BCUT2D eigenvalue weighted by Crippen LogP contribution is -2.50. The topological polar surface area (TPSA) is 59.0 Å². The van der Waals surface area contributed by atoms with Crippen molar-refractivity contribution >= 4 is 5.91 Å². The minimum absolute atomic E-state index is 0.0189. The second-order valence-corrected chi connectivity index (χ2v) is 7.78. The van der Waals surface area contributed by atoms with E-state index in [1.54, 1.807) is 0 Å². The molecular weight excluding hydrogens is 324 g/mol. The Kier molecular flexibility index (Phi) is 4.81. The fourth-order valence-corrected chi connectivity index (χ4v) is 4.10. The third-order valence-electron chi connectivity index (χ3n) is 5.82. The lowest BCUT2D eigenvalue weighted by Gasteiger charge is -2.30. The van der Waals surface area contributed by atoms with Gasteiger partial charge in [-0.2, -0.15) is 5.10 Å². The minimum atomic E-state index is -0.0189. The smallest absolute Gasteiger partial charge is 0.272 e. The summed E-state index contributed by atoms with van der Waals surface area (Å²) in [6.45, 7) is 6.17. The summed E-state index contributed by atoms with van der Waals surface area (Å²) < 4.78 is 1.99. The van der Waals surface area contributed by atoms with Crippen LogP contribution in [-0.2, 0) is 12.8 Å². The van der Waals surface area contributed by atoms with Crippen LogP contribution in [0.15, 0.2) is 24.3 Å². The molecule has 0 bridgehead atoms. The summed E-state index contributed by atoms with van der Waals surface area (Å²) >= 11 is 0. The molecule has 2 N–H and O–H groups in total. The van der Waals surface area contributed by atoms with Gasteiger partial charge in [0.15, 0.2) is 5.69 Å². The number of hydrogen-bond acceptors (Lipinski definition) is 3. The average Bonchev–Trinajstić information content (AvgIpc) is 3.04. The number of carbonyl (C=O) groups is 1. The molecule has 5 heteroatoms. The van der Waals surface area contributed by atoms with E-state index in [4.69, 9.17) is 5.10 Å². The molecule has 0 radical (unpaired) electrons. The van der Waals surface area contributed by atoms with Crippen LogP contribution in [-0.4, -0.2) is 34.8 Å². The third-order valence-corrected chi connectivity index (χ3v) is 5.82. The van der Waals surface area contributed by atoms with E-state index in [1.165, 1.54) is 11.3 Å². The fourth-order valence-electron chi connectivity index (χ4n) is 4.10. The molecule has 138 valence electrons. The minimum Gasteiger partial charge on any atom is -0.346 e. The Morgan fingerprint density at radius 1 is 1.23 bits per heavy atom. The monoisotopic (exact) mass is 352 g/mol. The standard InChI is InChI=1S/C21H28N4O/c1-14-7-9-16(10-8-14)25-19-6-4-3-5-17(19)20(24-25)21(26)23-18-13-22-12-11-15(18)2/h7-10,15,18,22H,3-6,11-13H2,1-2H3,(H,23,26). The Labute approximate surface area is 155 Å². The molecule has 2 aromatic rings. The lowest BCUT2D eigenvalue weighted by molar-refractivity contribution is 0.0908. The molecule has 0 spiro atoms. The van der Waals surface area contributed by atoms with Crippen LogP contribution >= 0.6 is 0 Å². The Morgan fingerprint density at radius 3 is 2.77 bits per heavy atom.